The molecule has 2 aromatic carbocycles. The highest BCUT2D eigenvalue weighted by molar-refractivity contribution is 6.04. The van der Waals surface area contributed by atoms with Crippen LogP contribution in [0.25, 0.3) is 0 Å². The number of rotatable bonds is 4. The lowest BCUT2D eigenvalue weighted by Crippen LogP contribution is -2.19. The van der Waals surface area contributed by atoms with Gasteiger partial charge in [0.25, 0.3) is 5.91 Å². The number of alkyl halides is 3. The van der Waals surface area contributed by atoms with Crippen LogP contribution in [0.15, 0.2) is 42.5 Å². The van der Waals surface area contributed by atoms with Crippen LogP contribution in [-0.4, -0.2) is 18.7 Å². The van der Waals surface area contributed by atoms with E-state index in [1.165, 1.54) is 24.3 Å². The fourth-order valence-electron chi connectivity index (χ4n) is 1.82. The van der Waals surface area contributed by atoms with E-state index < -0.39 is 24.5 Å². The van der Waals surface area contributed by atoms with Gasteiger partial charge in [0, 0.05) is 5.69 Å². The number of nitriles is 1. The van der Waals surface area contributed by atoms with E-state index in [-0.39, 0.29) is 22.6 Å². The number of nitrogens with zero attached hydrogens (tertiary/aromatic N) is 1. The van der Waals surface area contributed by atoms with Crippen molar-refractivity contribution >= 4 is 11.6 Å². The first-order valence-corrected chi connectivity index (χ1v) is 6.60. The lowest BCUT2D eigenvalue weighted by Gasteiger charge is -2.12. The summed E-state index contributed by atoms with van der Waals surface area (Å²) in [7, 11) is 0. The maximum absolute atomic E-state index is 13.5. The molecule has 0 fully saturated rings. The normalized spacial score (nSPS) is 10.8. The van der Waals surface area contributed by atoms with E-state index in [0.717, 1.165) is 18.2 Å². The molecule has 0 atom stereocenters. The van der Waals surface area contributed by atoms with Crippen molar-refractivity contribution in [1.82, 2.24) is 0 Å². The second-order valence-electron chi connectivity index (χ2n) is 4.66. The van der Waals surface area contributed by atoms with Gasteiger partial charge in [-0.15, -0.1) is 0 Å². The Morgan fingerprint density at radius 3 is 2.54 bits per heavy atom. The smallest absolute Gasteiger partial charge is 0.422 e. The Bertz CT molecular complexity index is 797. The number of carbonyl (C=O) groups is 1. The van der Waals surface area contributed by atoms with Crippen molar-refractivity contribution in [3.63, 3.8) is 0 Å². The molecule has 24 heavy (non-hydrogen) atoms. The third-order valence-electron chi connectivity index (χ3n) is 2.87. The van der Waals surface area contributed by atoms with Gasteiger partial charge >= 0.3 is 6.18 Å². The van der Waals surface area contributed by atoms with E-state index >= 15 is 0 Å². The second kappa shape index (κ2) is 7.00. The van der Waals surface area contributed by atoms with Crippen LogP contribution in [0.3, 0.4) is 0 Å². The van der Waals surface area contributed by atoms with Gasteiger partial charge < -0.3 is 10.1 Å². The van der Waals surface area contributed by atoms with E-state index in [1.807, 2.05) is 0 Å². The predicted molar refractivity (Wildman–Crippen MR) is 77.1 cm³/mol. The van der Waals surface area contributed by atoms with Crippen LogP contribution in [0.4, 0.5) is 23.2 Å². The van der Waals surface area contributed by atoms with Crippen LogP contribution in [0.5, 0.6) is 5.75 Å². The summed E-state index contributed by atoms with van der Waals surface area (Å²) in [6.07, 6.45) is -4.54. The largest absolute Gasteiger partial charge is 0.483 e. The summed E-state index contributed by atoms with van der Waals surface area (Å²) >= 11 is 0. The molecule has 0 heterocycles. The van der Waals surface area contributed by atoms with Crippen LogP contribution in [-0.2, 0) is 0 Å². The summed E-state index contributed by atoms with van der Waals surface area (Å²) in [5.41, 5.74) is -0.266. The second-order valence-corrected chi connectivity index (χ2v) is 4.66. The van der Waals surface area contributed by atoms with Crippen LogP contribution >= 0.6 is 0 Å². The zero-order valence-corrected chi connectivity index (χ0v) is 12.0. The minimum Gasteiger partial charge on any atom is -0.483 e. The molecule has 0 radical (unpaired) electrons. The summed E-state index contributed by atoms with van der Waals surface area (Å²) in [5.74, 6) is -1.74. The number of amides is 1. The van der Waals surface area contributed by atoms with Gasteiger partial charge in [-0.2, -0.15) is 18.4 Å². The zero-order valence-electron chi connectivity index (χ0n) is 12.0. The van der Waals surface area contributed by atoms with Gasteiger partial charge in [0.2, 0.25) is 0 Å². The Hall–Kier alpha value is -3.08. The molecule has 0 aromatic heterocycles. The number of ether oxygens (including phenoxy) is 1. The first-order chi connectivity index (χ1) is 11.3. The summed E-state index contributed by atoms with van der Waals surface area (Å²) in [5, 5.41) is 11.3. The van der Waals surface area contributed by atoms with Gasteiger partial charge in [-0.05, 0) is 30.3 Å². The molecule has 4 nitrogen and oxygen atoms in total. The molecule has 0 spiro atoms. The van der Waals surface area contributed by atoms with E-state index in [9.17, 15) is 22.4 Å². The number of anilines is 1. The maximum Gasteiger partial charge on any atom is 0.422 e. The van der Waals surface area contributed by atoms with Gasteiger partial charge in [0.1, 0.15) is 17.6 Å². The molecule has 0 aliphatic rings. The average Bonchev–Trinajstić information content (AvgIpc) is 2.53. The number of nitrogens with one attached hydrogen (secondary N) is 1. The molecule has 0 saturated carbocycles. The SMILES string of the molecule is N#Cc1cc(NC(=O)c2ccccc2F)ccc1OCC(F)(F)F. The van der Waals surface area contributed by atoms with Crippen molar-refractivity contribution < 1.29 is 27.1 Å². The number of hydrogen-bond donors (Lipinski definition) is 1. The molecule has 0 bridgehead atoms. The van der Waals surface area contributed by atoms with Crippen molar-refractivity contribution in [2.24, 2.45) is 0 Å². The molecule has 1 N–H and O–H groups in total. The third-order valence-corrected chi connectivity index (χ3v) is 2.87. The van der Waals surface area contributed by atoms with Gasteiger partial charge in [-0.25, -0.2) is 4.39 Å². The Kier molecular flexibility index (Phi) is 5.04. The topological polar surface area (TPSA) is 62.1 Å². The fraction of sp³-hybridized carbons (Fsp3) is 0.125. The van der Waals surface area contributed by atoms with Crippen molar-refractivity contribution in [3.05, 3.63) is 59.4 Å². The van der Waals surface area contributed by atoms with Crippen molar-refractivity contribution in [3.8, 4) is 11.8 Å². The predicted octanol–water partition coefficient (Wildman–Crippen LogP) is 3.89. The van der Waals surface area contributed by atoms with Crippen molar-refractivity contribution in [1.29, 1.82) is 5.26 Å². The van der Waals surface area contributed by atoms with Crippen molar-refractivity contribution in [2.75, 3.05) is 11.9 Å². The van der Waals surface area contributed by atoms with Gasteiger partial charge in [0.15, 0.2) is 6.61 Å². The highest BCUT2D eigenvalue weighted by Crippen LogP contribution is 2.25. The van der Waals surface area contributed by atoms with E-state index in [4.69, 9.17) is 5.26 Å². The quantitative estimate of drug-likeness (QED) is 0.860. The van der Waals surface area contributed by atoms with Crippen molar-refractivity contribution in [2.45, 2.75) is 6.18 Å². The lowest BCUT2D eigenvalue weighted by atomic mass is 10.1. The first kappa shape index (κ1) is 17.3. The monoisotopic (exact) mass is 338 g/mol. The third kappa shape index (κ3) is 4.46. The minimum absolute atomic E-state index is 0.124. The Morgan fingerprint density at radius 1 is 1.21 bits per heavy atom. The van der Waals surface area contributed by atoms with Gasteiger partial charge in [0.05, 0.1) is 11.1 Å². The van der Waals surface area contributed by atoms with E-state index in [2.05, 4.69) is 10.1 Å². The average molecular weight is 338 g/mol. The Balaban J connectivity index is 2.17. The minimum atomic E-state index is -4.54. The highest BCUT2D eigenvalue weighted by Gasteiger charge is 2.28. The highest BCUT2D eigenvalue weighted by atomic mass is 19.4. The van der Waals surface area contributed by atoms with Crippen LogP contribution < -0.4 is 10.1 Å². The van der Waals surface area contributed by atoms with Gasteiger partial charge in [-0.3, -0.25) is 4.79 Å². The summed E-state index contributed by atoms with van der Waals surface area (Å²) in [6.45, 7) is -1.54. The summed E-state index contributed by atoms with van der Waals surface area (Å²) in [6, 6.07) is 10.5. The molecular weight excluding hydrogens is 328 g/mol. The Labute approximate surface area is 134 Å². The molecule has 1 amide bonds. The summed E-state index contributed by atoms with van der Waals surface area (Å²) in [4.78, 5) is 12.0. The lowest BCUT2D eigenvalue weighted by molar-refractivity contribution is -0.153. The van der Waals surface area contributed by atoms with E-state index in [0.29, 0.717) is 0 Å². The molecule has 0 aliphatic heterocycles. The first-order valence-electron chi connectivity index (χ1n) is 6.60. The molecular formula is C16H10F4N2O2. The van der Waals surface area contributed by atoms with Crippen LogP contribution in [0, 0.1) is 17.1 Å². The summed E-state index contributed by atoms with van der Waals surface area (Å²) < 4.78 is 54.5. The zero-order chi connectivity index (χ0) is 17.7. The number of hydrogen-bond acceptors (Lipinski definition) is 3. The van der Waals surface area contributed by atoms with E-state index in [1.54, 1.807) is 6.07 Å². The maximum atomic E-state index is 13.5. The number of benzene rings is 2. The molecule has 2 rings (SSSR count). The van der Waals surface area contributed by atoms with Crippen LogP contribution in [0.2, 0.25) is 0 Å². The van der Waals surface area contributed by atoms with Gasteiger partial charge in [-0.1, -0.05) is 12.1 Å². The Morgan fingerprint density at radius 2 is 1.92 bits per heavy atom. The standard InChI is InChI=1S/C16H10F4N2O2/c17-13-4-2-1-3-12(13)15(23)22-11-5-6-14(10(7-11)8-21)24-9-16(18,19)20/h1-7H,9H2,(H,22,23). The fourth-order valence-corrected chi connectivity index (χ4v) is 1.82. The van der Waals surface area contributed by atoms with Crippen LogP contribution in [0.1, 0.15) is 15.9 Å². The number of carbonyl (C=O) groups excluding carboxylic acids is 1. The molecule has 8 heteroatoms. The molecule has 0 saturated heterocycles. The molecule has 124 valence electrons. The number of halogens is 4. The molecule has 2 aromatic rings. The molecule has 0 unspecified atom stereocenters. The molecule has 0 aliphatic carbocycles.